The third-order valence-corrected chi connectivity index (χ3v) is 8.53. The summed E-state index contributed by atoms with van der Waals surface area (Å²) in [6, 6.07) is 15.2. The highest BCUT2D eigenvalue weighted by atomic mass is 79.9. The molecule has 2 atom stereocenters. The number of rotatable bonds is 5. The topological polar surface area (TPSA) is 76.3 Å². The molecule has 0 bridgehead atoms. The molecule has 0 spiro atoms. The van der Waals surface area contributed by atoms with Crippen molar-refractivity contribution < 1.29 is 4.21 Å². The molecule has 0 radical (unpaired) electrons. The van der Waals surface area contributed by atoms with E-state index in [1.807, 2.05) is 80.5 Å². The first kappa shape index (κ1) is 23.1. The van der Waals surface area contributed by atoms with Crippen LogP contribution in [0.5, 0.6) is 0 Å². The van der Waals surface area contributed by atoms with Gasteiger partial charge in [-0.2, -0.15) is 0 Å². The molecule has 2 aromatic carbocycles. The van der Waals surface area contributed by atoms with Crippen molar-refractivity contribution in [1.82, 2.24) is 24.5 Å². The highest BCUT2D eigenvalue weighted by molar-refractivity contribution is 9.10. The molecule has 1 fully saturated rings. The van der Waals surface area contributed by atoms with Gasteiger partial charge in [0.15, 0.2) is 5.82 Å². The molecule has 170 valence electrons. The summed E-state index contributed by atoms with van der Waals surface area (Å²) in [5, 5.41) is 12.5. The molecule has 1 aromatic heterocycles. The summed E-state index contributed by atoms with van der Waals surface area (Å²) in [6.07, 6.45) is 2.03. The first-order valence-corrected chi connectivity index (χ1v) is 13.1. The van der Waals surface area contributed by atoms with Crippen LogP contribution in [0.25, 0.3) is 0 Å². The third-order valence-electron chi connectivity index (χ3n) is 5.55. The minimum atomic E-state index is -2.87. The summed E-state index contributed by atoms with van der Waals surface area (Å²) in [7, 11) is -2.87. The van der Waals surface area contributed by atoms with Crippen LogP contribution >= 0.6 is 15.9 Å². The van der Waals surface area contributed by atoms with Gasteiger partial charge >= 0.3 is 0 Å². The monoisotopic (exact) mass is 516 g/mol. The van der Waals surface area contributed by atoms with Crippen molar-refractivity contribution in [2.45, 2.75) is 57.0 Å². The number of hydrogen-bond acceptors (Lipinski definition) is 5. The summed E-state index contributed by atoms with van der Waals surface area (Å²) in [5.74, 6) is 0.582. The van der Waals surface area contributed by atoms with Crippen LogP contribution in [0.1, 0.15) is 56.6 Å². The minimum Gasteiger partial charge on any atom is -0.228 e. The lowest BCUT2D eigenvalue weighted by molar-refractivity contribution is 0.331. The van der Waals surface area contributed by atoms with Crippen molar-refractivity contribution >= 4 is 25.8 Å². The normalized spacial score (nSPS) is 17.8. The van der Waals surface area contributed by atoms with Crippen LogP contribution in [0.2, 0.25) is 0 Å². The van der Waals surface area contributed by atoms with E-state index in [9.17, 15) is 4.21 Å². The van der Waals surface area contributed by atoms with Crippen LogP contribution in [0, 0.1) is 6.92 Å². The van der Waals surface area contributed by atoms with E-state index in [1.54, 1.807) is 4.68 Å². The Morgan fingerprint density at radius 3 is 2.25 bits per heavy atom. The van der Waals surface area contributed by atoms with Gasteiger partial charge in [0.2, 0.25) is 0 Å². The van der Waals surface area contributed by atoms with E-state index >= 15 is 0 Å². The van der Waals surface area contributed by atoms with Crippen LogP contribution in [-0.2, 0) is 15.5 Å². The Bertz CT molecular complexity index is 1180. The highest BCUT2D eigenvalue weighted by Crippen LogP contribution is 2.33. The van der Waals surface area contributed by atoms with Crippen molar-refractivity contribution in [3.63, 3.8) is 0 Å². The first-order valence-electron chi connectivity index (χ1n) is 10.8. The van der Waals surface area contributed by atoms with Crippen molar-refractivity contribution in [2.75, 3.05) is 13.1 Å². The maximum absolute atomic E-state index is 14.7. The van der Waals surface area contributed by atoms with Crippen molar-refractivity contribution in [1.29, 1.82) is 0 Å². The average Bonchev–Trinajstić information content (AvgIpc) is 3.45. The highest BCUT2D eigenvalue weighted by Gasteiger charge is 2.32. The Morgan fingerprint density at radius 1 is 1.03 bits per heavy atom. The van der Waals surface area contributed by atoms with Gasteiger partial charge in [-0.15, -0.1) is 5.10 Å². The van der Waals surface area contributed by atoms with E-state index < -0.39 is 16.0 Å². The zero-order valence-electron chi connectivity index (χ0n) is 18.9. The van der Waals surface area contributed by atoms with E-state index in [2.05, 4.69) is 31.5 Å². The Balaban J connectivity index is 1.96. The van der Waals surface area contributed by atoms with Gasteiger partial charge in [-0.3, -0.25) is 0 Å². The molecule has 0 aliphatic carbocycles. The Morgan fingerprint density at radius 2 is 1.66 bits per heavy atom. The molecule has 0 N–H and O–H groups in total. The van der Waals surface area contributed by atoms with Crippen LogP contribution in [-0.4, -0.2) is 41.8 Å². The Labute approximate surface area is 198 Å². The fraction of sp³-hybridized carbons (Fsp3) is 0.435. The van der Waals surface area contributed by atoms with Gasteiger partial charge in [-0.25, -0.2) is 17.6 Å². The second-order valence-electron chi connectivity index (χ2n) is 9.13. The van der Waals surface area contributed by atoms with Gasteiger partial charge in [0, 0.05) is 17.6 Å². The molecular formula is C23H29BrN6OS. The molecule has 2 unspecified atom stereocenters. The lowest BCUT2D eigenvalue weighted by Crippen LogP contribution is -2.30. The summed E-state index contributed by atoms with van der Waals surface area (Å²) in [5.41, 5.74) is 1.67. The summed E-state index contributed by atoms with van der Waals surface area (Å²) in [6.45, 7) is 9.68. The lowest BCUT2D eigenvalue weighted by atomic mass is 10.0. The van der Waals surface area contributed by atoms with Crippen molar-refractivity contribution in [3.05, 3.63) is 70.0 Å². The number of hydrogen-bond donors (Lipinski definition) is 0. The van der Waals surface area contributed by atoms with E-state index in [0.717, 1.165) is 46.4 Å². The van der Waals surface area contributed by atoms with E-state index in [4.69, 9.17) is 4.36 Å². The summed E-state index contributed by atoms with van der Waals surface area (Å²) >= 11 is 3.51. The number of nitrogens with zero attached hydrogens (tertiary/aromatic N) is 6. The largest absolute Gasteiger partial charge is 0.228 e. The predicted octanol–water partition coefficient (Wildman–Crippen LogP) is 5.13. The number of aryl methyl sites for hydroxylation is 1. The first-order chi connectivity index (χ1) is 15.2. The van der Waals surface area contributed by atoms with Crippen LogP contribution in [0.3, 0.4) is 0 Å². The molecule has 0 amide bonds. The predicted molar refractivity (Wildman–Crippen MR) is 130 cm³/mol. The molecule has 1 aliphatic heterocycles. The van der Waals surface area contributed by atoms with Gasteiger partial charge in [0.25, 0.3) is 0 Å². The molecule has 1 aliphatic rings. The lowest BCUT2D eigenvalue weighted by Gasteiger charge is -2.26. The molecule has 7 nitrogen and oxygen atoms in total. The standard InChI is InChI=1S/C23H29BrN6OS/c1-17-7-13-20(14-8-17)32(31,29-15-5-6-16-29)26-21(18-9-11-19(24)12-10-18)22-25-27-28-30(22)23(2,3)4/h7-14,21H,5-6,15-16H2,1-4H3. The smallest absolute Gasteiger partial charge is 0.181 e. The van der Waals surface area contributed by atoms with Gasteiger partial charge in [0.05, 0.1) is 10.4 Å². The van der Waals surface area contributed by atoms with Crippen LogP contribution in [0.4, 0.5) is 0 Å². The number of tetrazole rings is 1. The average molecular weight is 517 g/mol. The van der Waals surface area contributed by atoms with Gasteiger partial charge in [-0.05, 0) is 80.8 Å². The van der Waals surface area contributed by atoms with E-state index in [0.29, 0.717) is 5.82 Å². The molecule has 2 heterocycles. The van der Waals surface area contributed by atoms with Crippen LogP contribution < -0.4 is 0 Å². The minimum absolute atomic E-state index is 0.347. The fourth-order valence-electron chi connectivity index (χ4n) is 3.82. The SMILES string of the molecule is Cc1ccc(S(=O)(=NC(c2ccc(Br)cc2)c2nnnn2C(C)(C)C)N2CCCC2)cc1. The van der Waals surface area contributed by atoms with E-state index in [1.165, 1.54) is 0 Å². The molecule has 0 saturated carbocycles. The van der Waals surface area contributed by atoms with Crippen molar-refractivity contribution in [3.8, 4) is 0 Å². The summed E-state index contributed by atoms with van der Waals surface area (Å²) < 4.78 is 24.5. The third kappa shape index (κ3) is 4.65. The maximum atomic E-state index is 14.7. The Hall–Kier alpha value is -2.10. The van der Waals surface area contributed by atoms with Crippen molar-refractivity contribution in [2.24, 2.45) is 4.36 Å². The second-order valence-corrected chi connectivity index (χ2v) is 12.2. The number of benzene rings is 2. The van der Waals surface area contributed by atoms with Gasteiger partial charge in [-0.1, -0.05) is 45.8 Å². The second kappa shape index (κ2) is 9.03. The molecule has 4 rings (SSSR count). The zero-order valence-corrected chi connectivity index (χ0v) is 21.3. The fourth-order valence-corrected chi connectivity index (χ4v) is 6.38. The number of aromatic nitrogens is 4. The molecule has 9 heteroatoms. The number of halogens is 1. The Kier molecular flexibility index (Phi) is 6.51. The van der Waals surface area contributed by atoms with Gasteiger partial charge < -0.3 is 0 Å². The van der Waals surface area contributed by atoms with E-state index in [-0.39, 0.29) is 5.54 Å². The zero-order chi connectivity index (χ0) is 22.9. The quantitative estimate of drug-likeness (QED) is 0.471. The van der Waals surface area contributed by atoms with Crippen LogP contribution in [0.15, 0.2) is 62.3 Å². The summed E-state index contributed by atoms with van der Waals surface area (Å²) in [4.78, 5) is 0.724. The maximum Gasteiger partial charge on any atom is 0.181 e. The molecule has 1 saturated heterocycles. The molecule has 3 aromatic rings. The molecule has 32 heavy (non-hydrogen) atoms. The molecular weight excluding hydrogens is 488 g/mol. The van der Waals surface area contributed by atoms with Gasteiger partial charge in [0.1, 0.15) is 16.0 Å².